The molecule has 1 aliphatic heterocycles. The normalized spacial score (nSPS) is 18.8. The number of aliphatic hydroxyl groups is 1. The van der Waals surface area contributed by atoms with E-state index in [-0.39, 0.29) is 19.4 Å². The van der Waals surface area contributed by atoms with Gasteiger partial charge in [0.1, 0.15) is 6.61 Å². The molecule has 1 atom stereocenters. The van der Waals surface area contributed by atoms with E-state index in [1.54, 1.807) is 12.1 Å². The highest BCUT2D eigenvalue weighted by atomic mass is 16.8. The molecule has 1 saturated heterocycles. The number of benzene rings is 1. The molecule has 1 fully saturated rings. The lowest BCUT2D eigenvalue weighted by atomic mass is 10.2. The molecule has 1 aromatic rings. The average Bonchev–Trinajstić information content (AvgIpc) is 2.69. The molecule has 96 valence electrons. The molecule has 0 bridgehead atoms. The van der Waals surface area contributed by atoms with Crippen molar-refractivity contribution in [1.29, 1.82) is 0 Å². The van der Waals surface area contributed by atoms with Gasteiger partial charge < -0.3 is 14.7 Å². The van der Waals surface area contributed by atoms with Gasteiger partial charge in [-0.3, -0.25) is 4.79 Å². The molecule has 0 saturated carbocycles. The van der Waals surface area contributed by atoms with E-state index in [1.807, 2.05) is 18.2 Å². The minimum absolute atomic E-state index is 0.0534. The van der Waals surface area contributed by atoms with Crippen molar-refractivity contribution in [3.63, 3.8) is 0 Å². The SMILES string of the molecule is O=C(OCc1ccccc1)ON1C(=O)CCC1O. The zero-order valence-electron chi connectivity index (χ0n) is 9.61. The van der Waals surface area contributed by atoms with Gasteiger partial charge in [0.05, 0.1) is 0 Å². The summed E-state index contributed by atoms with van der Waals surface area (Å²) in [6.45, 7) is 0.0534. The Hall–Kier alpha value is -2.08. The summed E-state index contributed by atoms with van der Waals surface area (Å²) in [5.41, 5.74) is 0.808. The standard InChI is InChI=1S/C12H13NO5/c14-10-6-7-11(15)13(10)18-12(16)17-8-9-4-2-1-3-5-9/h1-5,10,14H,6-8H2. The molecule has 6 nitrogen and oxygen atoms in total. The van der Waals surface area contributed by atoms with Crippen molar-refractivity contribution < 1.29 is 24.3 Å². The molecule has 2 rings (SSSR count). The number of ether oxygens (including phenoxy) is 1. The van der Waals surface area contributed by atoms with Gasteiger partial charge in [0.2, 0.25) is 0 Å². The van der Waals surface area contributed by atoms with Crippen LogP contribution in [-0.2, 0) is 21.0 Å². The van der Waals surface area contributed by atoms with Crippen LogP contribution in [0, 0.1) is 0 Å². The Morgan fingerprint density at radius 2 is 2.11 bits per heavy atom. The van der Waals surface area contributed by atoms with Crippen LogP contribution in [0.15, 0.2) is 30.3 Å². The fraction of sp³-hybridized carbons (Fsp3) is 0.333. The quantitative estimate of drug-likeness (QED) is 0.817. The Morgan fingerprint density at radius 1 is 1.39 bits per heavy atom. The van der Waals surface area contributed by atoms with E-state index < -0.39 is 18.3 Å². The number of amides is 1. The number of hydroxylamine groups is 2. The Morgan fingerprint density at radius 3 is 2.72 bits per heavy atom. The lowest BCUT2D eigenvalue weighted by Gasteiger charge is -2.17. The van der Waals surface area contributed by atoms with Crippen molar-refractivity contribution in [3.8, 4) is 0 Å². The summed E-state index contributed by atoms with van der Waals surface area (Å²) in [5, 5.41) is 10.0. The van der Waals surface area contributed by atoms with Crippen LogP contribution in [0.1, 0.15) is 18.4 Å². The molecule has 0 aliphatic carbocycles. The summed E-state index contributed by atoms with van der Waals surface area (Å²) in [7, 11) is 0. The first-order chi connectivity index (χ1) is 8.66. The second-order valence-corrected chi connectivity index (χ2v) is 3.85. The van der Waals surface area contributed by atoms with Crippen LogP contribution in [-0.4, -0.2) is 28.5 Å². The smallest absolute Gasteiger partial charge is 0.428 e. The van der Waals surface area contributed by atoms with Crippen molar-refractivity contribution >= 4 is 12.1 Å². The van der Waals surface area contributed by atoms with Gasteiger partial charge in [-0.15, -0.1) is 5.06 Å². The van der Waals surface area contributed by atoms with E-state index in [4.69, 9.17) is 4.74 Å². The first-order valence-corrected chi connectivity index (χ1v) is 5.55. The summed E-state index contributed by atoms with van der Waals surface area (Å²) in [4.78, 5) is 27.2. The monoisotopic (exact) mass is 251 g/mol. The van der Waals surface area contributed by atoms with Crippen LogP contribution in [0.5, 0.6) is 0 Å². The molecular weight excluding hydrogens is 238 g/mol. The highest BCUT2D eigenvalue weighted by Crippen LogP contribution is 2.17. The number of hydrogen-bond acceptors (Lipinski definition) is 5. The minimum atomic E-state index is -1.08. The summed E-state index contributed by atoms with van der Waals surface area (Å²) in [5.74, 6) is -0.431. The van der Waals surface area contributed by atoms with Gasteiger partial charge in [-0.2, -0.15) is 0 Å². The van der Waals surface area contributed by atoms with E-state index >= 15 is 0 Å². The Bertz CT molecular complexity index is 433. The van der Waals surface area contributed by atoms with E-state index in [2.05, 4.69) is 4.84 Å². The molecule has 1 heterocycles. The average molecular weight is 251 g/mol. The molecule has 1 N–H and O–H groups in total. The van der Waals surface area contributed by atoms with Crippen LogP contribution in [0.3, 0.4) is 0 Å². The van der Waals surface area contributed by atoms with Gasteiger partial charge in [0.25, 0.3) is 5.91 Å². The highest BCUT2D eigenvalue weighted by Gasteiger charge is 2.33. The van der Waals surface area contributed by atoms with Crippen LogP contribution in [0.2, 0.25) is 0 Å². The largest absolute Gasteiger partial charge is 0.533 e. The summed E-state index contributed by atoms with van der Waals surface area (Å²) in [6.07, 6.45) is -1.67. The van der Waals surface area contributed by atoms with E-state index in [9.17, 15) is 14.7 Å². The fourth-order valence-electron chi connectivity index (χ4n) is 1.58. The van der Waals surface area contributed by atoms with Gasteiger partial charge >= 0.3 is 6.16 Å². The summed E-state index contributed by atoms with van der Waals surface area (Å²) >= 11 is 0. The van der Waals surface area contributed by atoms with Crippen LogP contribution < -0.4 is 0 Å². The third-order valence-corrected chi connectivity index (χ3v) is 2.51. The third kappa shape index (κ3) is 2.98. The number of nitrogens with zero attached hydrogens (tertiary/aromatic N) is 1. The van der Waals surface area contributed by atoms with Gasteiger partial charge in [0.15, 0.2) is 6.23 Å². The van der Waals surface area contributed by atoms with Crippen molar-refractivity contribution in [2.24, 2.45) is 0 Å². The number of hydrogen-bond donors (Lipinski definition) is 1. The Labute approximate surface area is 104 Å². The van der Waals surface area contributed by atoms with Crippen LogP contribution in [0.25, 0.3) is 0 Å². The highest BCUT2D eigenvalue weighted by molar-refractivity contribution is 5.78. The maximum atomic E-state index is 11.3. The molecule has 0 radical (unpaired) electrons. The maximum absolute atomic E-state index is 11.3. The van der Waals surface area contributed by atoms with E-state index in [1.165, 1.54) is 0 Å². The molecule has 1 aromatic carbocycles. The van der Waals surface area contributed by atoms with Crippen molar-refractivity contribution in [3.05, 3.63) is 35.9 Å². The van der Waals surface area contributed by atoms with Gasteiger partial charge in [0, 0.05) is 12.8 Å². The van der Waals surface area contributed by atoms with Crippen LogP contribution in [0.4, 0.5) is 4.79 Å². The molecule has 0 spiro atoms. The molecule has 1 unspecified atom stereocenters. The molecule has 1 amide bonds. The first-order valence-electron chi connectivity index (χ1n) is 5.55. The van der Waals surface area contributed by atoms with E-state index in [0.29, 0.717) is 5.06 Å². The minimum Gasteiger partial charge on any atom is -0.428 e. The number of carbonyl (C=O) groups is 2. The molecular formula is C12H13NO5. The lowest BCUT2D eigenvalue weighted by Crippen LogP contribution is -2.35. The number of carbonyl (C=O) groups excluding carboxylic acids is 2. The van der Waals surface area contributed by atoms with Crippen molar-refractivity contribution in [2.45, 2.75) is 25.7 Å². The molecule has 1 aliphatic rings. The van der Waals surface area contributed by atoms with Gasteiger partial charge in [-0.1, -0.05) is 30.3 Å². The Balaban J connectivity index is 1.80. The summed E-state index contributed by atoms with van der Waals surface area (Å²) in [6, 6.07) is 9.07. The second kappa shape index (κ2) is 5.50. The van der Waals surface area contributed by atoms with Gasteiger partial charge in [-0.05, 0) is 5.56 Å². The van der Waals surface area contributed by atoms with Crippen LogP contribution >= 0.6 is 0 Å². The number of rotatable bonds is 3. The lowest BCUT2D eigenvalue weighted by molar-refractivity contribution is -0.199. The third-order valence-electron chi connectivity index (χ3n) is 2.51. The van der Waals surface area contributed by atoms with E-state index in [0.717, 1.165) is 5.56 Å². The summed E-state index contributed by atoms with van der Waals surface area (Å²) < 4.78 is 4.82. The molecule has 18 heavy (non-hydrogen) atoms. The van der Waals surface area contributed by atoms with Crippen molar-refractivity contribution in [1.82, 2.24) is 5.06 Å². The predicted molar refractivity (Wildman–Crippen MR) is 59.8 cm³/mol. The Kier molecular flexibility index (Phi) is 3.78. The van der Waals surface area contributed by atoms with Crippen molar-refractivity contribution in [2.75, 3.05) is 0 Å². The zero-order valence-corrected chi connectivity index (χ0v) is 9.61. The van der Waals surface area contributed by atoms with Gasteiger partial charge in [-0.25, -0.2) is 4.79 Å². The second-order valence-electron chi connectivity index (χ2n) is 3.85. The maximum Gasteiger partial charge on any atom is 0.533 e. The molecule has 6 heteroatoms. The molecule has 0 aromatic heterocycles. The fourth-order valence-corrected chi connectivity index (χ4v) is 1.58. The number of aliphatic hydroxyl groups excluding tert-OH is 1. The first kappa shape index (κ1) is 12.4. The predicted octanol–water partition coefficient (Wildman–Crippen LogP) is 1.20. The zero-order chi connectivity index (χ0) is 13.0. The topological polar surface area (TPSA) is 76.1 Å².